The number of hydrogen-bond donors (Lipinski definition) is 1. The number of nitriles is 1. The molecule has 1 amide bonds. The molecule has 2 aromatic rings. The summed E-state index contributed by atoms with van der Waals surface area (Å²) in [6, 6.07) is 11.5. The lowest BCUT2D eigenvalue weighted by molar-refractivity contribution is -0.117. The van der Waals surface area contributed by atoms with Gasteiger partial charge < -0.3 is 10.1 Å². The lowest BCUT2D eigenvalue weighted by atomic mass is 9.96. The van der Waals surface area contributed by atoms with Gasteiger partial charge in [-0.25, -0.2) is 4.79 Å². The maximum Gasteiger partial charge on any atom is 0.348 e. The Labute approximate surface area is 144 Å². The molecule has 0 radical (unpaired) electrons. The van der Waals surface area contributed by atoms with Gasteiger partial charge in [0.25, 0.3) is 0 Å². The highest BCUT2D eigenvalue weighted by Gasteiger charge is 2.24. The van der Waals surface area contributed by atoms with Crippen molar-refractivity contribution in [3.8, 4) is 6.07 Å². The van der Waals surface area contributed by atoms with Crippen molar-refractivity contribution in [3.05, 3.63) is 51.9 Å². The number of hydrogen-bond acceptors (Lipinski definition) is 5. The number of amides is 1. The summed E-state index contributed by atoms with van der Waals surface area (Å²) >= 11 is 1.07. The third-order valence-electron chi connectivity index (χ3n) is 3.79. The second-order valence-electron chi connectivity index (χ2n) is 5.22. The summed E-state index contributed by atoms with van der Waals surface area (Å²) < 4.78 is 4.72. The van der Waals surface area contributed by atoms with Gasteiger partial charge in [-0.15, -0.1) is 11.3 Å². The van der Waals surface area contributed by atoms with E-state index in [9.17, 15) is 14.9 Å². The monoisotopic (exact) mass is 342 g/mol. The zero-order chi connectivity index (χ0) is 17.7. The number of nitrogens with zero attached hydrogens (tertiary/aromatic N) is 1. The third kappa shape index (κ3) is 3.47. The van der Waals surface area contributed by atoms with E-state index in [0.29, 0.717) is 27.4 Å². The summed E-state index contributed by atoms with van der Waals surface area (Å²) in [6.07, 6.45) is 0.631. The van der Waals surface area contributed by atoms with Crippen LogP contribution in [0.4, 0.5) is 5.00 Å². The minimum absolute atomic E-state index is 0.196. The number of carbonyl (C=O) groups is 2. The fourth-order valence-electron chi connectivity index (χ4n) is 2.48. The molecule has 124 valence electrons. The van der Waals surface area contributed by atoms with Crippen molar-refractivity contribution in [2.75, 3.05) is 12.4 Å². The molecule has 0 unspecified atom stereocenters. The van der Waals surface area contributed by atoms with Crippen molar-refractivity contribution in [3.63, 3.8) is 0 Å². The highest BCUT2D eigenvalue weighted by Crippen LogP contribution is 2.34. The Morgan fingerprint density at radius 1 is 1.33 bits per heavy atom. The molecular weight excluding hydrogens is 324 g/mol. The van der Waals surface area contributed by atoms with Crippen LogP contribution in [0.3, 0.4) is 0 Å². The summed E-state index contributed by atoms with van der Waals surface area (Å²) in [6.45, 7) is 3.60. The summed E-state index contributed by atoms with van der Waals surface area (Å²) in [5.74, 6) is -1.02. The topological polar surface area (TPSA) is 79.2 Å². The van der Waals surface area contributed by atoms with Crippen molar-refractivity contribution in [2.24, 2.45) is 0 Å². The molecule has 1 aromatic heterocycles. The quantitative estimate of drug-likeness (QED) is 0.837. The lowest BCUT2D eigenvalue weighted by Gasteiger charge is -2.14. The molecule has 1 atom stereocenters. The Balaban J connectivity index is 2.32. The van der Waals surface area contributed by atoms with E-state index in [4.69, 9.17) is 4.74 Å². The minimum Gasteiger partial charge on any atom is -0.465 e. The van der Waals surface area contributed by atoms with Crippen molar-refractivity contribution in [1.82, 2.24) is 0 Å². The Morgan fingerprint density at radius 3 is 2.54 bits per heavy atom. The van der Waals surface area contributed by atoms with E-state index in [0.717, 1.165) is 16.9 Å². The van der Waals surface area contributed by atoms with Gasteiger partial charge in [-0.1, -0.05) is 37.3 Å². The first-order valence-corrected chi connectivity index (χ1v) is 8.32. The third-order valence-corrected chi connectivity index (χ3v) is 4.98. The van der Waals surface area contributed by atoms with Crippen LogP contribution in [0.15, 0.2) is 30.3 Å². The van der Waals surface area contributed by atoms with Crippen molar-refractivity contribution in [1.29, 1.82) is 5.26 Å². The summed E-state index contributed by atoms with van der Waals surface area (Å²) in [5, 5.41) is 12.5. The average molecular weight is 342 g/mol. The summed E-state index contributed by atoms with van der Waals surface area (Å²) in [7, 11) is 1.29. The van der Waals surface area contributed by atoms with Gasteiger partial charge in [-0.05, 0) is 24.5 Å². The Bertz CT molecular complexity index is 791. The number of benzene rings is 1. The number of anilines is 1. The highest BCUT2D eigenvalue weighted by molar-refractivity contribution is 7.18. The van der Waals surface area contributed by atoms with Gasteiger partial charge in [0, 0.05) is 0 Å². The van der Waals surface area contributed by atoms with Crippen LogP contribution < -0.4 is 5.32 Å². The van der Waals surface area contributed by atoms with Gasteiger partial charge in [0.2, 0.25) is 5.91 Å². The van der Waals surface area contributed by atoms with Crippen LogP contribution in [-0.2, 0) is 9.53 Å². The fraction of sp³-hybridized carbons (Fsp3) is 0.278. The maximum absolute atomic E-state index is 12.6. The van der Waals surface area contributed by atoms with Crippen LogP contribution in [0.2, 0.25) is 0 Å². The molecule has 5 nitrogen and oxygen atoms in total. The lowest BCUT2D eigenvalue weighted by Crippen LogP contribution is -2.20. The molecule has 6 heteroatoms. The molecule has 2 rings (SSSR count). The van der Waals surface area contributed by atoms with E-state index >= 15 is 0 Å². The molecule has 1 N–H and O–H groups in total. The molecule has 0 saturated carbocycles. The zero-order valence-electron chi connectivity index (χ0n) is 13.8. The van der Waals surface area contributed by atoms with Gasteiger partial charge in [0.1, 0.15) is 15.9 Å². The van der Waals surface area contributed by atoms with Gasteiger partial charge >= 0.3 is 5.97 Å². The second-order valence-corrected chi connectivity index (χ2v) is 6.25. The number of esters is 1. The first-order valence-electron chi connectivity index (χ1n) is 7.51. The fourth-order valence-corrected chi connectivity index (χ4v) is 3.56. The molecule has 0 aliphatic carbocycles. The Hall–Kier alpha value is -2.65. The SMILES string of the molecule is CC[C@@H](C(=O)Nc1sc(C(=O)OC)c(C)c1C#N)c1ccccc1. The van der Waals surface area contributed by atoms with Gasteiger partial charge in [0.15, 0.2) is 0 Å². The molecule has 0 bridgehead atoms. The predicted molar refractivity (Wildman–Crippen MR) is 93.2 cm³/mol. The first kappa shape index (κ1) is 17.7. The molecule has 0 aliphatic rings. The number of rotatable bonds is 5. The maximum atomic E-state index is 12.6. The van der Waals surface area contributed by atoms with Gasteiger partial charge in [-0.3, -0.25) is 4.79 Å². The molecule has 1 heterocycles. The number of ether oxygens (including phenoxy) is 1. The summed E-state index contributed by atoms with van der Waals surface area (Å²) in [4.78, 5) is 24.8. The normalized spacial score (nSPS) is 11.4. The molecule has 0 spiro atoms. The second kappa shape index (κ2) is 7.75. The number of carbonyl (C=O) groups excluding carboxylic acids is 2. The van der Waals surface area contributed by atoms with E-state index in [1.807, 2.05) is 37.3 Å². The van der Waals surface area contributed by atoms with Crippen molar-refractivity contribution >= 4 is 28.2 Å². The molecular formula is C18H18N2O3S. The van der Waals surface area contributed by atoms with E-state index in [2.05, 4.69) is 11.4 Å². The smallest absolute Gasteiger partial charge is 0.348 e. The Kier molecular flexibility index (Phi) is 5.72. The molecule has 0 saturated heterocycles. The van der Waals surface area contributed by atoms with Crippen LogP contribution >= 0.6 is 11.3 Å². The number of thiophene rings is 1. The van der Waals surface area contributed by atoms with Crippen molar-refractivity contribution < 1.29 is 14.3 Å². The minimum atomic E-state index is -0.510. The standard InChI is InChI=1S/C18H18N2O3S/c1-4-13(12-8-6-5-7-9-12)16(21)20-17-14(10-19)11(2)15(24-17)18(22)23-3/h5-9,13H,4H2,1-3H3,(H,20,21)/t13-/m1/s1. The van der Waals surface area contributed by atoms with Crippen LogP contribution in [-0.4, -0.2) is 19.0 Å². The Morgan fingerprint density at radius 2 is 2.00 bits per heavy atom. The molecule has 24 heavy (non-hydrogen) atoms. The van der Waals surface area contributed by atoms with E-state index in [-0.39, 0.29) is 11.8 Å². The molecule has 1 aromatic carbocycles. The van der Waals surface area contributed by atoms with Crippen LogP contribution in [0, 0.1) is 18.3 Å². The number of nitrogens with one attached hydrogen (secondary N) is 1. The van der Waals surface area contributed by atoms with Gasteiger partial charge in [0.05, 0.1) is 18.6 Å². The van der Waals surface area contributed by atoms with E-state index in [1.165, 1.54) is 7.11 Å². The largest absolute Gasteiger partial charge is 0.465 e. The van der Waals surface area contributed by atoms with E-state index in [1.54, 1.807) is 6.92 Å². The van der Waals surface area contributed by atoms with Crippen LogP contribution in [0.1, 0.15) is 45.6 Å². The summed E-state index contributed by atoms with van der Waals surface area (Å²) in [5.41, 5.74) is 1.74. The number of methoxy groups -OCH3 is 1. The van der Waals surface area contributed by atoms with Gasteiger partial charge in [-0.2, -0.15) is 5.26 Å². The molecule has 0 fully saturated rings. The van der Waals surface area contributed by atoms with Crippen LogP contribution in [0.5, 0.6) is 0 Å². The first-order chi connectivity index (χ1) is 11.5. The van der Waals surface area contributed by atoms with Crippen molar-refractivity contribution in [2.45, 2.75) is 26.2 Å². The van der Waals surface area contributed by atoms with E-state index < -0.39 is 5.97 Å². The zero-order valence-corrected chi connectivity index (χ0v) is 14.6. The van der Waals surface area contributed by atoms with Crippen LogP contribution in [0.25, 0.3) is 0 Å². The molecule has 0 aliphatic heterocycles. The average Bonchev–Trinajstić information content (AvgIpc) is 2.91. The highest BCUT2D eigenvalue weighted by atomic mass is 32.1. The predicted octanol–water partition coefficient (Wildman–Crippen LogP) is 3.85.